The van der Waals surface area contributed by atoms with Crippen molar-refractivity contribution in [3.8, 4) is 0 Å². The van der Waals surface area contributed by atoms with Crippen molar-refractivity contribution in [2.45, 2.75) is 32.6 Å². The Morgan fingerprint density at radius 1 is 1.44 bits per heavy atom. The summed E-state index contributed by atoms with van der Waals surface area (Å²) in [6.45, 7) is 1.83. The summed E-state index contributed by atoms with van der Waals surface area (Å²) in [5, 5.41) is 18.2. The molecule has 1 aromatic heterocycles. The predicted octanol–water partition coefficient (Wildman–Crippen LogP) is 0.488. The van der Waals surface area contributed by atoms with E-state index in [0.717, 1.165) is 12.8 Å². The predicted molar refractivity (Wildman–Crippen MR) is 62.0 cm³/mol. The summed E-state index contributed by atoms with van der Waals surface area (Å²) in [6.07, 6.45) is 3.00. The fourth-order valence-corrected chi connectivity index (χ4v) is 2.29. The van der Waals surface area contributed by atoms with Crippen LogP contribution < -0.4 is 5.32 Å². The quantitative estimate of drug-likeness (QED) is 0.722. The molecule has 0 atom stereocenters. The number of carbonyl (C=O) groups excluding carboxylic acids is 1. The molecule has 7 nitrogen and oxygen atoms in total. The smallest absolute Gasteiger partial charge is 0.311 e. The van der Waals surface area contributed by atoms with E-state index in [1.165, 1.54) is 0 Å². The molecule has 0 saturated heterocycles. The van der Waals surface area contributed by atoms with Crippen LogP contribution in [0.5, 0.6) is 0 Å². The normalized spacial score (nSPS) is 17.6. The Labute approximate surface area is 104 Å². The van der Waals surface area contributed by atoms with Gasteiger partial charge in [-0.3, -0.25) is 14.7 Å². The molecule has 3 N–H and O–H groups in total. The van der Waals surface area contributed by atoms with E-state index < -0.39 is 17.3 Å². The highest BCUT2D eigenvalue weighted by Crippen LogP contribution is 2.37. The number of rotatable bonds is 4. The zero-order valence-corrected chi connectivity index (χ0v) is 10.2. The molecule has 0 spiro atoms. The maximum atomic E-state index is 11.7. The first kappa shape index (κ1) is 12.5. The zero-order valence-electron chi connectivity index (χ0n) is 10.2. The van der Waals surface area contributed by atoms with Crippen molar-refractivity contribution in [2.75, 3.05) is 6.54 Å². The summed E-state index contributed by atoms with van der Waals surface area (Å²) in [7, 11) is 0. The first-order chi connectivity index (χ1) is 8.53. The molecule has 1 aliphatic rings. The summed E-state index contributed by atoms with van der Waals surface area (Å²) < 4.78 is 0. The number of aromatic nitrogens is 3. The fourth-order valence-electron chi connectivity index (χ4n) is 2.29. The molecular formula is C11H16N4O3. The number of carboxylic acid groups (broad SMARTS) is 1. The topological polar surface area (TPSA) is 108 Å². The van der Waals surface area contributed by atoms with E-state index in [-0.39, 0.29) is 12.4 Å². The van der Waals surface area contributed by atoms with Gasteiger partial charge in [0.1, 0.15) is 5.82 Å². The van der Waals surface area contributed by atoms with Crippen molar-refractivity contribution in [1.29, 1.82) is 0 Å². The van der Waals surface area contributed by atoms with E-state index in [2.05, 4.69) is 20.5 Å². The van der Waals surface area contributed by atoms with Gasteiger partial charge in [-0.2, -0.15) is 0 Å². The highest BCUT2D eigenvalue weighted by atomic mass is 16.4. The molecule has 0 aromatic carbocycles. The van der Waals surface area contributed by atoms with Crippen LogP contribution in [0.15, 0.2) is 0 Å². The first-order valence-electron chi connectivity index (χ1n) is 5.94. The van der Waals surface area contributed by atoms with Crippen molar-refractivity contribution in [1.82, 2.24) is 20.5 Å². The number of aliphatic carboxylic acids is 1. The number of nitrogens with zero attached hydrogens (tertiary/aromatic N) is 2. The van der Waals surface area contributed by atoms with Gasteiger partial charge < -0.3 is 10.4 Å². The number of amides is 1. The molecule has 18 heavy (non-hydrogen) atoms. The summed E-state index contributed by atoms with van der Waals surface area (Å²) in [5.74, 6) is -0.682. The van der Waals surface area contributed by atoms with Crippen molar-refractivity contribution >= 4 is 11.9 Å². The summed E-state index contributed by atoms with van der Waals surface area (Å²) in [4.78, 5) is 26.9. The minimum atomic E-state index is -0.841. The minimum Gasteiger partial charge on any atom is -0.481 e. The lowest BCUT2D eigenvalue weighted by Crippen LogP contribution is -2.41. The number of hydrogen-bond donors (Lipinski definition) is 3. The average molecular weight is 252 g/mol. The third-order valence-electron chi connectivity index (χ3n) is 3.40. The van der Waals surface area contributed by atoms with Crippen molar-refractivity contribution in [2.24, 2.45) is 5.41 Å². The Kier molecular flexibility index (Phi) is 3.31. The second kappa shape index (κ2) is 4.75. The van der Waals surface area contributed by atoms with E-state index >= 15 is 0 Å². The lowest BCUT2D eigenvalue weighted by molar-refractivity contribution is -0.148. The van der Waals surface area contributed by atoms with Crippen LogP contribution in [-0.2, 0) is 4.79 Å². The van der Waals surface area contributed by atoms with Gasteiger partial charge >= 0.3 is 5.97 Å². The lowest BCUT2D eigenvalue weighted by atomic mass is 9.86. The van der Waals surface area contributed by atoms with E-state index in [4.69, 9.17) is 0 Å². The zero-order chi connectivity index (χ0) is 13.2. The van der Waals surface area contributed by atoms with Crippen molar-refractivity contribution < 1.29 is 14.7 Å². The maximum Gasteiger partial charge on any atom is 0.311 e. The van der Waals surface area contributed by atoms with Gasteiger partial charge in [-0.05, 0) is 19.8 Å². The van der Waals surface area contributed by atoms with Crippen LogP contribution in [0.1, 0.15) is 42.1 Å². The Balaban J connectivity index is 1.98. The van der Waals surface area contributed by atoms with Gasteiger partial charge in [0, 0.05) is 6.54 Å². The largest absolute Gasteiger partial charge is 0.481 e. The van der Waals surface area contributed by atoms with Crippen LogP contribution in [0, 0.1) is 12.3 Å². The second-order valence-electron chi connectivity index (χ2n) is 4.72. The number of hydrogen-bond acceptors (Lipinski definition) is 4. The molecular weight excluding hydrogens is 236 g/mol. The van der Waals surface area contributed by atoms with Crippen LogP contribution in [0.3, 0.4) is 0 Å². The van der Waals surface area contributed by atoms with Crippen LogP contribution >= 0.6 is 0 Å². The minimum absolute atomic E-state index is 0.0473. The fraction of sp³-hybridized carbons (Fsp3) is 0.636. The molecule has 1 saturated carbocycles. The molecule has 0 radical (unpaired) electrons. The van der Waals surface area contributed by atoms with Crippen LogP contribution in [0.4, 0.5) is 0 Å². The number of carbonyl (C=O) groups is 2. The molecule has 1 amide bonds. The van der Waals surface area contributed by atoms with Crippen LogP contribution in [0.25, 0.3) is 0 Å². The van der Waals surface area contributed by atoms with E-state index in [0.29, 0.717) is 18.7 Å². The van der Waals surface area contributed by atoms with Gasteiger partial charge in [0.05, 0.1) is 5.41 Å². The number of aromatic amines is 1. The second-order valence-corrected chi connectivity index (χ2v) is 4.72. The monoisotopic (exact) mass is 252 g/mol. The van der Waals surface area contributed by atoms with Crippen molar-refractivity contribution in [3.05, 3.63) is 11.6 Å². The molecule has 1 heterocycles. The Bertz CT molecular complexity index is 463. The average Bonchev–Trinajstić information content (AvgIpc) is 2.95. The molecule has 1 aliphatic carbocycles. The maximum absolute atomic E-state index is 11.7. The van der Waals surface area contributed by atoms with E-state index in [1.807, 2.05) is 0 Å². The Morgan fingerprint density at radius 3 is 2.61 bits per heavy atom. The standard InChI is InChI=1S/C11H16N4O3/c1-7-13-8(15-14-7)9(16)12-6-11(10(17)18)4-2-3-5-11/h2-6H2,1H3,(H,12,16)(H,17,18)(H,13,14,15). The van der Waals surface area contributed by atoms with Crippen LogP contribution in [-0.4, -0.2) is 38.7 Å². The summed E-state index contributed by atoms with van der Waals surface area (Å²) >= 11 is 0. The molecule has 0 unspecified atom stereocenters. The number of H-pyrrole nitrogens is 1. The van der Waals surface area contributed by atoms with Crippen LogP contribution in [0.2, 0.25) is 0 Å². The number of aryl methyl sites for hydroxylation is 1. The van der Waals surface area contributed by atoms with Crippen molar-refractivity contribution in [3.63, 3.8) is 0 Å². The van der Waals surface area contributed by atoms with E-state index in [9.17, 15) is 14.7 Å². The van der Waals surface area contributed by atoms with Gasteiger partial charge in [-0.15, -0.1) is 5.10 Å². The first-order valence-corrected chi connectivity index (χ1v) is 5.94. The van der Waals surface area contributed by atoms with Gasteiger partial charge in [-0.25, -0.2) is 4.98 Å². The summed E-state index contributed by atoms with van der Waals surface area (Å²) in [5.41, 5.74) is -0.818. The summed E-state index contributed by atoms with van der Waals surface area (Å²) in [6, 6.07) is 0. The SMILES string of the molecule is Cc1nc(C(=O)NCC2(C(=O)O)CCCC2)n[nH]1. The third-order valence-corrected chi connectivity index (χ3v) is 3.40. The molecule has 2 rings (SSSR count). The van der Waals surface area contributed by atoms with Gasteiger partial charge in [-0.1, -0.05) is 12.8 Å². The van der Waals surface area contributed by atoms with E-state index in [1.54, 1.807) is 6.92 Å². The third kappa shape index (κ3) is 2.34. The molecule has 98 valence electrons. The van der Waals surface area contributed by atoms with Gasteiger partial charge in [0.15, 0.2) is 0 Å². The highest BCUT2D eigenvalue weighted by Gasteiger charge is 2.41. The Hall–Kier alpha value is -1.92. The van der Waals surface area contributed by atoms with Gasteiger partial charge in [0.2, 0.25) is 5.82 Å². The Morgan fingerprint density at radius 2 is 2.11 bits per heavy atom. The molecule has 1 fully saturated rings. The molecule has 1 aromatic rings. The molecule has 7 heteroatoms. The molecule has 0 aliphatic heterocycles. The lowest BCUT2D eigenvalue weighted by Gasteiger charge is -2.23. The molecule has 0 bridgehead atoms. The highest BCUT2D eigenvalue weighted by molar-refractivity contribution is 5.90. The number of carboxylic acids is 1. The van der Waals surface area contributed by atoms with Gasteiger partial charge in [0.25, 0.3) is 5.91 Å². The number of nitrogens with one attached hydrogen (secondary N) is 2.